The van der Waals surface area contributed by atoms with Crippen molar-refractivity contribution in [2.24, 2.45) is 0 Å². The summed E-state index contributed by atoms with van der Waals surface area (Å²) in [6.07, 6.45) is -4.53. The van der Waals surface area contributed by atoms with E-state index in [9.17, 15) is 18.0 Å². The first-order valence-corrected chi connectivity index (χ1v) is 4.69. The number of ether oxygens (including phenoxy) is 1. The van der Waals surface area contributed by atoms with Gasteiger partial charge in [-0.1, -0.05) is 0 Å². The van der Waals surface area contributed by atoms with E-state index in [4.69, 9.17) is 9.15 Å². The van der Waals surface area contributed by atoms with Crippen molar-refractivity contribution in [3.8, 4) is 0 Å². The number of hydrogen-bond donors (Lipinski definition) is 0. The highest BCUT2D eigenvalue weighted by molar-refractivity contribution is 5.70. The maximum atomic E-state index is 11.7. The largest absolute Gasteiger partial charge is 0.456 e. The van der Waals surface area contributed by atoms with E-state index >= 15 is 0 Å². The summed E-state index contributed by atoms with van der Waals surface area (Å²) in [5.74, 6) is 0.600. The number of hydrogen-bond acceptors (Lipinski definition) is 3. The molecule has 1 aromatic rings. The summed E-state index contributed by atoms with van der Waals surface area (Å²) in [5.41, 5.74) is 0. The molecule has 3 nitrogen and oxygen atoms in total. The third kappa shape index (κ3) is 4.97. The van der Waals surface area contributed by atoms with E-state index in [1.807, 2.05) is 0 Å². The first-order valence-electron chi connectivity index (χ1n) is 4.69. The third-order valence-electron chi connectivity index (χ3n) is 1.79. The quantitative estimate of drug-likeness (QED) is 0.563. The molecule has 90 valence electrons. The summed E-state index contributed by atoms with van der Waals surface area (Å²) in [5, 5.41) is 0. The van der Waals surface area contributed by atoms with Crippen molar-refractivity contribution in [2.75, 3.05) is 6.61 Å². The van der Waals surface area contributed by atoms with Crippen molar-refractivity contribution >= 4 is 6.29 Å². The van der Waals surface area contributed by atoms with E-state index in [-0.39, 0.29) is 25.4 Å². The Morgan fingerprint density at radius 3 is 2.69 bits per heavy atom. The highest BCUT2D eigenvalue weighted by Crippen LogP contribution is 2.21. The highest BCUT2D eigenvalue weighted by atomic mass is 19.4. The van der Waals surface area contributed by atoms with Crippen LogP contribution in [0.4, 0.5) is 13.2 Å². The van der Waals surface area contributed by atoms with E-state index in [1.165, 1.54) is 6.07 Å². The summed E-state index contributed by atoms with van der Waals surface area (Å²) >= 11 is 0. The van der Waals surface area contributed by atoms with Gasteiger partial charge in [0, 0.05) is 13.0 Å². The van der Waals surface area contributed by atoms with Gasteiger partial charge >= 0.3 is 6.18 Å². The molecule has 0 amide bonds. The van der Waals surface area contributed by atoms with Gasteiger partial charge in [0.25, 0.3) is 0 Å². The molecular formula is C10H11F3O3. The van der Waals surface area contributed by atoms with Gasteiger partial charge in [-0.15, -0.1) is 0 Å². The zero-order valence-electron chi connectivity index (χ0n) is 8.42. The second-order valence-electron chi connectivity index (χ2n) is 3.19. The summed E-state index contributed by atoms with van der Waals surface area (Å²) in [6.45, 7) is 0.0856. The number of alkyl halides is 3. The standard InChI is InChI=1S/C10H11F3O3/c11-10(12,13)4-1-5-15-7-9-3-2-8(6-14)16-9/h2-3,6H,1,4-5,7H2. The summed E-state index contributed by atoms with van der Waals surface area (Å²) in [7, 11) is 0. The molecule has 0 bridgehead atoms. The van der Waals surface area contributed by atoms with Gasteiger partial charge in [0.2, 0.25) is 0 Å². The molecule has 16 heavy (non-hydrogen) atoms. The molecule has 0 unspecified atom stereocenters. The minimum atomic E-state index is -4.14. The number of carbonyl (C=O) groups is 1. The van der Waals surface area contributed by atoms with Crippen LogP contribution in [-0.4, -0.2) is 19.1 Å². The van der Waals surface area contributed by atoms with Crippen LogP contribution >= 0.6 is 0 Å². The summed E-state index contributed by atoms with van der Waals surface area (Å²) in [4.78, 5) is 10.2. The molecule has 0 aliphatic heterocycles. The van der Waals surface area contributed by atoms with Crippen LogP contribution in [0.1, 0.15) is 29.2 Å². The fourth-order valence-corrected chi connectivity index (χ4v) is 1.08. The molecule has 0 radical (unpaired) electrons. The monoisotopic (exact) mass is 236 g/mol. The van der Waals surface area contributed by atoms with Crippen molar-refractivity contribution in [1.29, 1.82) is 0 Å². The van der Waals surface area contributed by atoms with Gasteiger partial charge in [0.05, 0.1) is 0 Å². The van der Waals surface area contributed by atoms with Crippen molar-refractivity contribution in [1.82, 2.24) is 0 Å². The zero-order valence-corrected chi connectivity index (χ0v) is 8.42. The zero-order chi connectivity index (χ0) is 12.0. The number of aldehydes is 1. The van der Waals surface area contributed by atoms with Crippen molar-refractivity contribution in [3.05, 3.63) is 23.7 Å². The molecule has 0 atom stereocenters. The van der Waals surface area contributed by atoms with Crippen molar-refractivity contribution in [3.63, 3.8) is 0 Å². The average molecular weight is 236 g/mol. The Hall–Kier alpha value is -1.30. The fourth-order valence-electron chi connectivity index (χ4n) is 1.08. The molecule has 0 saturated carbocycles. The summed E-state index contributed by atoms with van der Waals surface area (Å²) < 4.78 is 45.2. The van der Waals surface area contributed by atoms with E-state index in [0.29, 0.717) is 12.0 Å². The third-order valence-corrected chi connectivity index (χ3v) is 1.79. The number of furan rings is 1. The lowest BCUT2D eigenvalue weighted by Crippen LogP contribution is -2.08. The molecule has 1 rings (SSSR count). The molecule has 0 saturated heterocycles. The molecule has 1 heterocycles. The molecule has 0 aromatic carbocycles. The molecule has 0 fully saturated rings. The number of rotatable bonds is 6. The number of carbonyl (C=O) groups excluding carboxylic acids is 1. The Bertz CT molecular complexity index is 330. The van der Waals surface area contributed by atoms with Crippen molar-refractivity contribution in [2.45, 2.75) is 25.6 Å². The van der Waals surface area contributed by atoms with Crippen LogP contribution in [0.3, 0.4) is 0 Å². The molecule has 0 N–H and O–H groups in total. The van der Waals surface area contributed by atoms with Gasteiger partial charge in [-0.2, -0.15) is 13.2 Å². The minimum Gasteiger partial charge on any atom is -0.456 e. The van der Waals surface area contributed by atoms with E-state index in [2.05, 4.69) is 0 Å². The van der Waals surface area contributed by atoms with Crippen LogP contribution < -0.4 is 0 Å². The highest BCUT2D eigenvalue weighted by Gasteiger charge is 2.25. The van der Waals surface area contributed by atoms with Crippen LogP contribution in [0.15, 0.2) is 16.5 Å². The van der Waals surface area contributed by atoms with Crippen LogP contribution in [0.2, 0.25) is 0 Å². The lowest BCUT2D eigenvalue weighted by molar-refractivity contribution is -0.138. The average Bonchev–Trinajstić information content (AvgIpc) is 2.63. The Morgan fingerprint density at radius 1 is 1.38 bits per heavy atom. The van der Waals surface area contributed by atoms with Gasteiger partial charge in [-0.25, -0.2) is 0 Å². The molecular weight excluding hydrogens is 225 g/mol. The normalized spacial score (nSPS) is 11.7. The van der Waals surface area contributed by atoms with Crippen molar-refractivity contribution < 1.29 is 27.1 Å². The van der Waals surface area contributed by atoms with E-state index < -0.39 is 12.6 Å². The molecule has 1 aromatic heterocycles. The SMILES string of the molecule is O=Cc1ccc(COCCCC(F)(F)F)o1. The second kappa shape index (κ2) is 5.69. The fraction of sp³-hybridized carbons (Fsp3) is 0.500. The Balaban J connectivity index is 2.14. The smallest absolute Gasteiger partial charge is 0.389 e. The van der Waals surface area contributed by atoms with Gasteiger partial charge < -0.3 is 9.15 Å². The van der Waals surface area contributed by atoms with Crippen LogP contribution in [0, 0.1) is 0 Å². The molecule has 6 heteroatoms. The lowest BCUT2D eigenvalue weighted by Gasteiger charge is -2.05. The first-order chi connectivity index (χ1) is 7.51. The minimum absolute atomic E-state index is 0.0105. The van der Waals surface area contributed by atoms with E-state index in [0.717, 1.165) is 0 Å². The van der Waals surface area contributed by atoms with Gasteiger partial charge in [0.1, 0.15) is 12.4 Å². The van der Waals surface area contributed by atoms with Gasteiger partial charge in [-0.3, -0.25) is 4.79 Å². The predicted octanol–water partition coefficient (Wildman–Crippen LogP) is 2.95. The van der Waals surface area contributed by atoms with Crippen LogP contribution in [0.5, 0.6) is 0 Å². The Labute approximate surface area is 90.2 Å². The topological polar surface area (TPSA) is 39.4 Å². The number of halogens is 3. The Kier molecular flexibility index (Phi) is 4.54. The molecule has 0 aliphatic rings. The summed E-state index contributed by atoms with van der Waals surface area (Å²) in [6, 6.07) is 3.02. The van der Waals surface area contributed by atoms with Gasteiger partial charge in [-0.05, 0) is 18.6 Å². The first kappa shape index (κ1) is 12.8. The maximum absolute atomic E-state index is 11.7. The maximum Gasteiger partial charge on any atom is 0.389 e. The predicted molar refractivity (Wildman–Crippen MR) is 49.0 cm³/mol. The molecule has 0 spiro atoms. The van der Waals surface area contributed by atoms with Gasteiger partial charge in [0.15, 0.2) is 12.0 Å². The van der Waals surface area contributed by atoms with Crippen LogP contribution in [0.25, 0.3) is 0 Å². The lowest BCUT2D eigenvalue weighted by atomic mass is 10.3. The second-order valence-corrected chi connectivity index (χ2v) is 3.19. The van der Waals surface area contributed by atoms with E-state index in [1.54, 1.807) is 6.07 Å². The Morgan fingerprint density at radius 2 is 2.12 bits per heavy atom. The van der Waals surface area contributed by atoms with Crippen LogP contribution in [-0.2, 0) is 11.3 Å². The molecule has 0 aliphatic carbocycles.